The summed E-state index contributed by atoms with van der Waals surface area (Å²) < 4.78 is 16.8. The van der Waals surface area contributed by atoms with Crippen LogP contribution in [-0.4, -0.2) is 41.3 Å². The third-order valence-electron chi connectivity index (χ3n) is 3.82. The highest BCUT2D eigenvalue weighted by Crippen LogP contribution is 2.19. The smallest absolute Gasteiger partial charge is 0.225 e. The van der Waals surface area contributed by atoms with Crippen molar-refractivity contribution in [2.24, 2.45) is 0 Å². The van der Waals surface area contributed by atoms with Crippen LogP contribution in [0.15, 0.2) is 30.9 Å². The second-order valence-corrected chi connectivity index (χ2v) is 5.39. The van der Waals surface area contributed by atoms with Crippen molar-refractivity contribution in [2.45, 2.75) is 26.1 Å². The average Bonchev–Trinajstić information content (AvgIpc) is 3.14. The van der Waals surface area contributed by atoms with E-state index in [1.807, 2.05) is 26.5 Å². The summed E-state index contributed by atoms with van der Waals surface area (Å²) in [6, 6.07) is 1.88. The molecule has 0 aromatic carbocycles. The van der Waals surface area contributed by atoms with Crippen LogP contribution in [0.5, 0.6) is 0 Å². The minimum absolute atomic E-state index is 0.436. The maximum Gasteiger partial charge on any atom is 0.225 e. The summed E-state index contributed by atoms with van der Waals surface area (Å²) >= 11 is 0. The van der Waals surface area contributed by atoms with Crippen LogP contribution in [0.2, 0.25) is 0 Å². The number of rotatable bonds is 3. The third kappa shape index (κ3) is 2.77. The minimum Gasteiger partial charge on any atom is -0.335 e. The van der Waals surface area contributed by atoms with Gasteiger partial charge in [0.05, 0.1) is 31.2 Å². The third-order valence-corrected chi connectivity index (χ3v) is 3.82. The molecule has 0 unspecified atom stereocenters. The Morgan fingerprint density at radius 2 is 2.04 bits per heavy atom. The second kappa shape index (κ2) is 5.75. The van der Waals surface area contributed by atoms with Crippen LogP contribution in [0, 0.1) is 5.82 Å². The summed E-state index contributed by atoms with van der Waals surface area (Å²) in [6.07, 6.45) is 6.91. The van der Waals surface area contributed by atoms with E-state index < -0.39 is 5.82 Å². The zero-order valence-electron chi connectivity index (χ0n) is 12.4. The Morgan fingerprint density at radius 1 is 1.17 bits per heavy atom. The first-order valence-electron chi connectivity index (χ1n) is 7.41. The summed E-state index contributed by atoms with van der Waals surface area (Å²) in [5, 5.41) is 12.7. The molecule has 0 saturated carbocycles. The molecule has 0 aliphatic carbocycles. The van der Waals surface area contributed by atoms with E-state index in [-0.39, 0.29) is 0 Å². The number of nitrogens with zero attached hydrogens (tertiary/aromatic N) is 8. The fourth-order valence-electron chi connectivity index (χ4n) is 2.70. The lowest BCUT2D eigenvalue weighted by Gasteiger charge is -2.19. The molecule has 0 fully saturated rings. The largest absolute Gasteiger partial charge is 0.335 e. The predicted molar refractivity (Wildman–Crippen MR) is 79.0 cm³/mol. The minimum atomic E-state index is -0.436. The molecular weight excluding hydrogens is 299 g/mol. The molecule has 0 spiro atoms. The molecule has 0 bridgehead atoms. The first-order chi connectivity index (χ1) is 11.3. The molecule has 1 aliphatic heterocycles. The molecule has 1 aliphatic rings. The van der Waals surface area contributed by atoms with Crippen molar-refractivity contribution < 1.29 is 4.39 Å². The van der Waals surface area contributed by atoms with Gasteiger partial charge >= 0.3 is 0 Å². The standard InChI is InChI=1S/C14H15FN8/c15-11-7-16-14(17-8-11)21-4-2-6-23-13(10-21)12(19-20-23)9-22-5-1-3-18-22/h1,3,5,7-8H,2,4,6,9-10H2. The van der Waals surface area contributed by atoms with Crippen LogP contribution >= 0.6 is 0 Å². The van der Waals surface area contributed by atoms with Crippen LogP contribution in [0.25, 0.3) is 0 Å². The molecule has 8 nitrogen and oxygen atoms in total. The molecule has 0 radical (unpaired) electrons. The van der Waals surface area contributed by atoms with Gasteiger partial charge in [0.2, 0.25) is 5.95 Å². The maximum atomic E-state index is 13.0. The number of hydrogen-bond acceptors (Lipinski definition) is 6. The quantitative estimate of drug-likeness (QED) is 0.713. The fraction of sp³-hybridized carbons (Fsp3) is 0.357. The predicted octanol–water partition coefficient (Wildman–Crippen LogP) is 0.862. The first-order valence-corrected chi connectivity index (χ1v) is 7.41. The molecule has 0 amide bonds. The van der Waals surface area contributed by atoms with Gasteiger partial charge in [0.25, 0.3) is 0 Å². The monoisotopic (exact) mass is 314 g/mol. The molecule has 118 valence electrons. The Balaban J connectivity index is 1.62. The Kier molecular flexibility index (Phi) is 3.45. The van der Waals surface area contributed by atoms with E-state index in [4.69, 9.17) is 0 Å². The number of halogens is 1. The second-order valence-electron chi connectivity index (χ2n) is 5.39. The molecule has 3 aromatic heterocycles. The van der Waals surface area contributed by atoms with Gasteiger partial charge in [-0.1, -0.05) is 5.21 Å². The number of aryl methyl sites for hydroxylation is 1. The molecule has 0 N–H and O–H groups in total. The highest BCUT2D eigenvalue weighted by Gasteiger charge is 2.21. The van der Waals surface area contributed by atoms with Gasteiger partial charge in [-0.3, -0.25) is 4.68 Å². The Labute approximate surface area is 131 Å². The van der Waals surface area contributed by atoms with Crippen LogP contribution in [0.1, 0.15) is 17.8 Å². The van der Waals surface area contributed by atoms with Gasteiger partial charge in [0.15, 0.2) is 5.82 Å². The lowest BCUT2D eigenvalue weighted by Crippen LogP contribution is -2.25. The van der Waals surface area contributed by atoms with E-state index >= 15 is 0 Å². The lowest BCUT2D eigenvalue weighted by molar-refractivity contribution is 0.569. The molecule has 4 heterocycles. The first kappa shape index (κ1) is 13.8. The summed E-state index contributed by atoms with van der Waals surface area (Å²) in [7, 11) is 0. The van der Waals surface area contributed by atoms with Gasteiger partial charge in [0, 0.05) is 25.5 Å². The molecule has 9 heteroatoms. The SMILES string of the molecule is Fc1cnc(N2CCCn3nnc(Cn4cccn4)c3C2)nc1. The molecule has 3 aromatic rings. The topological polar surface area (TPSA) is 77.5 Å². The van der Waals surface area contributed by atoms with Crippen molar-refractivity contribution in [2.75, 3.05) is 11.4 Å². The van der Waals surface area contributed by atoms with Crippen LogP contribution in [0.4, 0.5) is 10.3 Å². The van der Waals surface area contributed by atoms with E-state index in [0.717, 1.165) is 30.9 Å². The van der Waals surface area contributed by atoms with Gasteiger partial charge < -0.3 is 4.90 Å². The molecular formula is C14H15FN8. The van der Waals surface area contributed by atoms with Crippen LogP contribution in [0.3, 0.4) is 0 Å². The van der Waals surface area contributed by atoms with Crippen molar-refractivity contribution in [3.05, 3.63) is 48.1 Å². The molecule has 4 rings (SSSR count). The number of fused-ring (bicyclic) bond motifs is 1. The highest BCUT2D eigenvalue weighted by molar-refractivity contribution is 5.31. The van der Waals surface area contributed by atoms with Gasteiger partial charge in [-0.15, -0.1) is 5.10 Å². The van der Waals surface area contributed by atoms with Crippen molar-refractivity contribution in [1.82, 2.24) is 34.7 Å². The van der Waals surface area contributed by atoms with E-state index in [0.29, 0.717) is 19.0 Å². The summed E-state index contributed by atoms with van der Waals surface area (Å²) in [4.78, 5) is 10.2. The van der Waals surface area contributed by atoms with Crippen LogP contribution < -0.4 is 4.90 Å². The zero-order valence-corrected chi connectivity index (χ0v) is 12.4. The molecule has 0 atom stereocenters. The summed E-state index contributed by atoms with van der Waals surface area (Å²) in [6.45, 7) is 2.74. The van der Waals surface area contributed by atoms with Crippen LogP contribution in [-0.2, 0) is 19.6 Å². The highest BCUT2D eigenvalue weighted by atomic mass is 19.1. The van der Waals surface area contributed by atoms with Gasteiger partial charge in [-0.25, -0.2) is 19.0 Å². The molecule has 0 saturated heterocycles. The van der Waals surface area contributed by atoms with E-state index in [1.165, 1.54) is 12.4 Å². The lowest BCUT2D eigenvalue weighted by atomic mass is 10.3. The van der Waals surface area contributed by atoms with Crippen molar-refractivity contribution in [3.63, 3.8) is 0 Å². The number of anilines is 1. The summed E-state index contributed by atoms with van der Waals surface area (Å²) in [5.74, 6) is 0.0840. The number of hydrogen-bond donors (Lipinski definition) is 0. The van der Waals surface area contributed by atoms with Crippen molar-refractivity contribution in [3.8, 4) is 0 Å². The van der Waals surface area contributed by atoms with E-state index in [1.54, 1.807) is 6.20 Å². The fourth-order valence-corrected chi connectivity index (χ4v) is 2.70. The van der Waals surface area contributed by atoms with Gasteiger partial charge in [0.1, 0.15) is 5.69 Å². The van der Waals surface area contributed by atoms with Crippen molar-refractivity contribution >= 4 is 5.95 Å². The van der Waals surface area contributed by atoms with Crippen molar-refractivity contribution in [1.29, 1.82) is 0 Å². The Hall–Kier alpha value is -2.84. The molecule has 23 heavy (non-hydrogen) atoms. The van der Waals surface area contributed by atoms with Gasteiger partial charge in [-0.2, -0.15) is 5.10 Å². The Bertz CT molecular complexity index is 780. The average molecular weight is 314 g/mol. The summed E-state index contributed by atoms with van der Waals surface area (Å²) in [5.41, 5.74) is 1.90. The Morgan fingerprint density at radius 3 is 2.83 bits per heavy atom. The van der Waals surface area contributed by atoms with Gasteiger partial charge in [-0.05, 0) is 12.5 Å². The van der Waals surface area contributed by atoms with E-state index in [9.17, 15) is 4.39 Å². The van der Waals surface area contributed by atoms with E-state index in [2.05, 4.69) is 25.4 Å². The normalized spacial score (nSPS) is 14.6. The maximum absolute atomic E-state index is 13.0. The number of aromatic nitrogens is 7. The zero-order chi connectivity index (χ0) is 15.6.